The number of aryl methyl sites for hydroxylation is 1. The highest BCUT2D eigenvalue weighted by molar-refractivity contribution is 6.48. The number of alkyl halides is 3. The number of nitrogens with zero attached hydrogens (tertiary/aromatic N) is 1. The topological polar surface area (TPSA) is 32.6 Å². The monoisotopic (exact) mass is 447 g/mol. The molecular weight excluding hydrogens is 434 g/mol. The summed E-state index contributed by atoms with van der Waals surface area (Å²) in [5.41, 5.74) is 2.90. The Morgan fingerprint density at radius 2 is 1.71 bits per heavy atom. The molecule has 1 aliphatic carbocycles. The third-order valence-electron chi connectivity index (χ3n) is 4.62. The van der Waals surface area contributed by atoms with Crippen LogP contribution in [0.5, 0.6) is 0 Å². The van der Waals surface area contributed by atoms with Crippen molar-refractivity contribution in [1.82, 2.24) is 0 Å². The lowest BCUT2D eigenvalue weighted by atomic mass is 9.88. The smallest absolute Gasteiger partial charge is 0.399 e. The first kappa shape index (κ1) is 21.0. The molecule has 0 heterocycles. The molecule has 2 aromatic rings. The molecule has 0 fully saturated rings. The third kappa shape index (κ3) is 4.48. The van der Waals surface area contributed by atoms with Gasteiger partial charge in [0.1, 0.15) is 0 Å². The van der Waals surface area contributed by atoms with E-state index in [0.29, 0.717) is 17.7 Å². The molecule has 2 nitrogen and oxygen atoms in total. The Hall–Kier alpha value is -1.69. The number of allylic oxidation sites excluding steroid dienone is 1. The van der Waals surface area contributed by atoms with Crippen molar-refractivity contribution in [3.63, 3.8) is 0 Å². The lowest BCUT2D eigenvalue weighted by molar-refractivity contribution is -0.139. The zero-order valence-electron chi connectivity index (χ0n) is 14.4. The molecule has 0 saturated heterocycles. The molecule has 1 unspecified atom stereocenters. The first-order chi connectivity index (χ1) is 13.2. The maximum Gasteiger partial charge on any atom is 0.399 e. The summed E-state index contributed by atoms with van der Waals surface area (Å²) in [4.78, 5) is 0. The van der Waals surface area contributed by atoms with E-state index in [-0.39, 0.29) is 20.6 Å². The molecule has 0 bridgehead atoms. The van der Waals surface area contributed by atoms with Crippen LogP contribution < -0.4 is 0 Å². The van der Waals surface area contributed by atoms with Crippen molar-refractivity contribution in [3.05, 3.63) is 73.7 Å². The maximum absolute atomic E-state index is 13.6. The van der Waals surface area contributed by atoms with E-state index in [1.54, 1.807) is 12.1 Å². The Morgan fingerprint density at radius 3 is 2.32 bits per heavy atom. The minimum atomic E-state index is -4.53. The number of halogens is 6. The van der Waals surface area contributed by atoms with E-state index in [1.165, 1.54) is 18.2 Å². The summed E-state index contributed by atoms with van der Waals surface area (Å²) >= 11 is 17.6. The maximum atomic E-state index is 13.6. The van der Waals surface area contributed by atoms with Crippen molar-refractivity contribution in [1.29, 1.82) is 0 Å². The van der Waals surface area contributed by atoms with Crippen LogP contribution in [0.3, 0.4) is 0 Å². The van der Waals surface area contributed by atoms with Gasteiger partial charge in [0.15, 0.2) is 0 Å². The minimum absolute atomic E-state index is 0.0213. The predicted octanol–water partition coefficient (Wildman–Crippen LogP) is 7.52. The normalized spacial score (nSPS) is 17.1. The van der Waals surface area contributed by atoms with E-state index in [0.717, 1.165) is 30.0 Å². The Bertz CT molecular complexity index is 931. The zero-order valence-corrected chi connectivity index (χ0v) is 16.7. The van der Waals surface area contributed by atoms with Gasteiger partial charge in [0.2, 0.25) is 0 Å². The summed E-state index contributed by atoms with van der Waals surface area (Å²) in [6.07, 6.45) is 0.239. The van der Waals surface area contributed by atoms with Crippen molar-refractivity contribution in [2.75, 3.05) is 0 Å². The molecule has 0 spiro atoms. The molecule has 0 radical (unpaired) electrons. The molecule has 0 amide bonds. The second kappa shape index (κ2) is 8.36. The number of oxime groups is 1. The highest BCUT2D eigenvalue weighted by atomic mass is 35.5. The molecule has 1 aliphatic rings. The third-order valence-corrected chi connectivity index (χ3v) is 5.82. The molecule has 28 heavy (non-hydrogen) atoms. The summed E-state index contributed by atoms with van der Waals surface area (Å²) in [7, 11) is 0. The van der Waals surface area contributed by atoms with E-state index in [4.69, 9.17) is 40.0 Å². The van der Waals surface area contributed by atoms with Gasteiger partial charge in [-0.3, -0.25) is 0 Å². The molecule has 3 rings (SSSR count). The number of hydrogen-bond donors (Lipinski definition) is 1. The van der Waals surface area contributed by atoms with Crippen molar-refractivity contribution >= 4 is 46.6 Å². The summed E-state index contributed by atoms with van der Waals surface area (Å²) in [5, 5.41) is 12.3. The first-order valence-electron chi connectivity index (χ1n) is 8.44. The molecule has 8 heteroatoms. The van der Waals surface area contributed by atoms with Gasteiger partial charge >= 0.3 is 6.18 Å². The van der Waals surface area contributed by atoms with Crippen LogP contribution in [0.2, 0.25) is 15.1 Å². The van der Waals surface area contributed by atoms with Crippen LogP contribution in [0.1, 0.15) is 41.0 Å². The fraction of sp³-hybridized carbons (Fsp3) is 0.250. The van der Waals surface area contributed by atoms with Crippen molar-refractivity contribution in [2.45, 2.75) is 31.4 Å². The van der Waals surface area contributed by atoms with Crippen molar-refractivity contribution in [3.8, 4) is 0 Å². The molecule has 1 N–H and O–H groups in total. The molecule has 1 atom stereocenters. The minimum Gasteiger partial charge on any atom is -0.411 e. The SMILES string of the molecule is ON=C1CCCc2cc(C=CC(c3cc(Cl)c(Cl)c(Cl)c3)C(F)(F)F)ccc21. The average Bonchev–Trinajstić information content (AvgIpc) is 2.64. The molecule has 2 aromatic carbocycles. The molecule has 0 saturated carbocycles. The second-order valence-electron chi connectivity index (χ2n) is 6.49. The molecule has 0 aromatic heterocycles. The lowest BCUT2D eigenvalue weighted by Gasteiger charge is -2.19. The number of hydrogen-bond acceptors (Lipinski definition) is 2. The van der Waals surface area contributed by atoms with Crippen LogP contribution >= 0.6 is 34.8 Å². The fourth-order valence-corrected chi connectivity index (χ4v) is 3.87. The van der Waals surface area contributed by atoms with Gasteiger partial charge in [-0.25, -0.2) is 0 Å². The standard InChI is InChI=1S/C20H15Cl3F3NO/c21-16-9-13(10-17(22)19(16)23)15(20(24,25)26)7-5-11-4-6-14-12(8-11)2-1-3-18(14)27-28/h4-10,15,28H,1-3H2. The Balaban J connectivity index is 1.95. The number of rotatable bonds is 3. The first-order valence-corrected chi connectivity index (χ1v) is 9.57. The lowest BCUT2D eigenvalue weighted by Crippen LogP contribution is -2.19. The van der Waals surface area contributed by atoms with Crippen molar-refractivity contribution in [2.24, 2.45) is 5.16 Å². The quantitative estimate of drug-likeness (QED) is 0.294. The fourth-order valence-electron chi connectivity index (χ4n) is 3.26. The van der Waals surface area contributed by atoms with Gasteiger partial charge in [-0.05, 0) is 48.1 Å². The Labute approximate surface area is 175 Å². The van der Waals surface area contributed by atoms with Gasteiger partial charge in [0.05, 0.1) is 26.7 Å². The number of benzene rings is 2. The van der Waals surface area contributed by atoms with E-state index < -0.39 is 12.1 Å². The van der Waals surface area contributed by atoms with E-state index in [1.807, 2.05) is 6.07 Å². The molecular formula is C20H15Cl3F3NO. The summed E-state index contributed by atoms with van der Waals surface area (Å²) < 4.78 is 40.9. The van der Waals surface area contributed by atoms with E-state index >= 15 is 0 Å². The van der Waals surface area contributed by atoms with Gasteiger partial charge in [-0.15, -0.1) is 0 Å². The second-order valence-corrected chi connectivity index (χ2v) is 7.69. The summed E-state index contributed by atoms with van der Waals surface area (Å²) in [6, 6.07) is 7.62. The Kier molecular flexibility index (Phi) is 6.28. The van der Waals surface area contributed by atoms with Crippen LogP contribution in [-0.2, 0) is 6.42 Å². The van der Waals surface area contributed by atoms with Crippen LogP contribution in [0.15, 0.2) is 41.6 Å². The molecule has 0 aliphatic heterocycles. The predicted molar refractivity (Wildman–Crippen MR) is 107 cm³/mol. The zero-order chi connectivity index (χ0) is 20.5. The number of fused-ring (bicyclic) bond motifs is 1. The summed E-state index contributed by atoms with van der Waals surface area (Å²) in [6.45, 7) is 0. The van der Waals surface area contributed by atoms with Crippen molar-refractivity contribution < 1.29 is 18.4 Å². The Morgan fingerprint density at radius 1 is 1.04 bits per heavy atom. The highest BCUT2D eigenvalue weighted by Crippen LogP contribution is 2.41. The van der Waals surface area contributed by atoms with E-state index in [2.05, 4.69) is 5.16 Å². The van der Waals surface area contributed by atoms with Gasteiger partial charge in [-0.2, -0.15) is 13.2 Å². The van der Waals surface area contributed by atoms with E-state index in [9.17, 15) is 13.2 Å². The molecule has 148 valence electrons. The summed E-state index contributed by atoms with van der Waals surface area (Å²) in [5.74, 6) is -1.88. The van der Waals surface area contributed by atoms with Crippen LogP contribution in [0.25, 0.3) is 6.08 Å². The van der Waals surface area contributed by atoms with Gasteiger partial charge < -0.3 is 5.21 Å². The van der Waals surface area contributed by atoms with Gasteiger partial charge in [0, 0.05) is 5.56 Å². The largest absolute Gasteiger partial charge is 0.411 e. The van der Waals surface area contributed by atoms with Crippen LogP contribution in [0, 0.1) is 0 Å². The van der Waals surface area contributed by atoms with Gasteiger partial charge in [0.25, 0.3) is 0 Å². The highest BCUT2D eigenvalue weighted by Gasteiger charge is 2.39. The average molecular weight is 449 g/mol. The van der Waals surface area contributed by atoms with Crippen LogP contribution in [0.4, 0.5) is 13.2 Å². The van der Waals surface area contributed by atoms with Gasteiger partial charge in [-0.1, -0.05) is 70.3 Å². The van der Waals surface area contributed by atoms with Crippen LogP contribution in [-0.4, -0.2) is 17.1 Å².